The van der Waals surface area contributed by atoms with Gasteiger partial charge in [0, 0.05) is 69.3 Å². The molecule has 0 spiro atoms. The molecular formula is C25H35N5O. The lowest BCUT2D eigenvalue weighted by molar-refractivity contribution is 0.0939. The number of carbonyl (C=O) groups excluding carboxylic acids is 1. The van der Waals surface area contributed by atoms with Gasteiger partial charge in [-0.3, -0.25) is 4.79 Å². The first kappa shape index (κ1) is 21.7. The summed E-state index contributed by atoms with van der Waals surface area (Å²) in [5.41, 5.74) is 5.28. The number of carbonyl (C=O) groups is 1. The standard InChI is InChI=1S/C25H35N5O/c1-19-7-8-23(30-15-13-28(3)14-16-30)18-24(19)25(31)27-20(2)21-5-4-6-22(17-21)29-11-9-26-10-12-29/h4-8,17-18,20,26H,9-16H2,1-3H3,(H,27,31)/t20-/m1/s1. The molecule has 0 aromatic heterocycles. The number of aryl methyl sites for hydroxylation is 1. The molecular weight excluding hydrogens is 386 g/mol. The van der Waals surface area contributed by atoms with Crippen molar-refractivity contribution in [3.63, 3.8) is 0 Å². The van der Waals surface area contributed by atoms with Crippen LogP contribution in [-0.4, -0.2) is 70.2 Å². The lowest BCUT2D eigenvalue weighted by atomic mass is 10.0. The number of nitrogens with zero attached hydrogens (tertiary/aromatic N) is 3. The van der Waals surface area contributed by atoms with E-state index in [2.05, 4.69) is 81.8 Å². The molecule has 1 amide bonds. The van der Waals surface area contributed by atoms with E-state index in [1.807, 2.05) is 6.92 Å². The molecule has 2 aromatic carbocycles. The maximum absolute atomic E-state index is 13.2. The highest BCUT2D eigenvalue weighted by molar-refractivity contribution is 5.96. The van der Waals surface area contributed by atoms with Gasteiger partial charge in [0.2, 0.25) is 0 Å². The molecule has 0 unspecified atom stereocenters. The number of likely N-dealkylation sites (N-methyl/N-ethyl adjacent to an activating group) is 1. The van der Waals surface area contributed by atoms with Crippen molar-refractivity contribution in [1.29, 1.82) is 0 Å². The van der Waals surface area contributed by atoms with Crippen molar-refractivity contribution >= 4 is 17.3 Å². The Bertz CT molecular complexity index is 901. The fourth-order valence-corrected chi connectivity index (χ4v) is 4.39. The van der Waals surface area contributed by atoms with Gasteiger partial charge in [-0.15, -0.1) is 0 Å². The molecule has 6 nitrogen and oxygen atoms in total. The number of rotatable bonds is 5. The van der Waals surface area contributed by atoms with E-state index < -0.39 is 0 Å². The van der Waals surface area contributed by atoms with E-state index in [0.29, 0.717) is 0 Å². The molecule has 166 valence electrons. The first-order valence-corrected chi connectivity index (χ1v) is 11.4. The second-order valence-corrected chi connectivity index (χ2v) is 8.82. The van der Waals surface area contributed by atoms with Gasteiger partial charge in [0.15, 0.2) is 0 Å². The van der Waals surface area contributed by atoms with E-state index >= 15 is 0 Å². The Morgan fingerprint density at radius 1 is 0.935 bits per heavy atom. The van der Waals surface area contributed by atoms with Crippen LogP contribution in [0.2, 0.25) is 0 Å². The summed E-state index contributed by atoms with van der Waals surface area (Å²) in [5, 5.41) is 6.62. The molecule has 6 heteroatoms. The van der Waals surface area contributed by atoms with Crippen LogP contribution < -0.4 is 20.4 Å². The van der Waals surface area contributed by atoms with Gasteiger partial charge in [-0.2, -0.15) is 0 Å². The molecule has 0 saturated carbocycles. The topological polar surface area (TPSA) is 50.9 Å². The first-order valence-electron chi connectivity index (χ1n) is 11.4. The number of amides is 1. The van der Waals surface area contributed by atoms with Crippen LogP contribution in [-0.2, 0) is 0 Å². The molecule has 31 heavy (non-hydrogen) atoms. The Hall–Kier alpha value is -2.57. The zero-order chi connectivity index (χ0) is 21.8. The number of benzene rings is 2. The SMILES string of the molecule is Cc1ccc(N2CCN(C)CC2)cc1C(=O)N[C@H](C)c1cccc(N2CCNCC2)c1. The number of piperazine rings is 2. The van der Waals surface area contributed by atoms with Crippen LogP contribution in [0.25, 0.3) is 0 Å². The second kappa shape index (κ2) is 9.71. The van der Waals surface area contributed by atoms with Crippen molar-refractivity contribution in [3.05, 3.63) is 59.2 Å². The smallest absolute Gasteiger partial charge is 0.252 e. The maximum Gasteiger partial charge on any atom is 0.252 e. The fourth-order valence-electron chi connectivity index (χ4n) is 4.39. The van der Waals surface area contributed by atoms with Crippen LogP contribution in [0.5, 0.6) is 0 Å². The Morgan fingerprint density at radius 3 is 2.35 bits per heavy atom. The van der Waals surface area contributed by atoms with Gasteiger partial charge in [-0.05, 0) is 56.3 Å². The summed E-state index contributed by atoms with van der Waals surface area (Å²) >= 11 is 0. The Balaban J connectivity index is 1.46. The minimum absolute atomic E-state index is 0.00597. The van der Waals surface area contributed by atoms with Gasteiger partial charge in [0.25, 0.3) is 5.91 Å². The van der Waals surface area contributed by atoms with Gasteiger partial charge in [-0.1, -0.05) is 18.2 Å². The van der Waals surface area contributed by atoms with E-state index in [-0.39, 0.29) is 11.9 Å². The van der Waals surface area contributed by atoms with Crippen LogP contribution in [0.15, 0.2) is 42.5 Å². The minimum atomic E-state index is -0.0537. The van der Waals surface area contributed by atoms with E-state index in [1.54, 1.807) is 0 Å². The molecule has 2 heterocycles. The minimum Gasteiger partial charge on any atom is -0.369 e. The van der Waals surface area contributed by atoms with Gasteiger partial charge >= 0.3 is 0 Å². The molecule has 2 saturated heterocycles. The largest absolute Gasteiger partial charge is 0.369 e. The third kappa shape index (κ3) is 5.20. The number of hydrogen-bond acceptors (Lipinski definition) is 5. The van der Waals surface area contributed by atoms with Gasteiger partial charge in [0.1, 0.15) is 0 Å². The monoisotopic (exact) mass is 421 g/mol. The highest BCUT2D eigenvalue weighted by Gasteiger charge is 2.19. The highest BCUT2D eigenvalue weighted by Crippen LogP contribution is 2.24. The summed E-state index contributed by atoms with van der Waals surface area (Å²) in [6.07, 6.45) is 0. The van der Waals surface area contributed by atoms with Crippen LogP contribution >= 0.6 is 0 Å². The highest BCUT2D eigenvalue weighted by atomic mass is 16.1. The fraction of sp³-hybridized carbons (Fsp3) is 0.480. The average Bonchev–Trinajstić information content (AvgIpc) is 2.80. The number of hydrogen-bond donors (Lipinski definition) is 2. The zero-order valence-electron chi connectivity index (χ0n) is 19.0. The normalized spacial score (nSPS) is 18.7. The summed E-state index contributed by atoms with van der Waals surface area (Å²) in [6.45, 7) is 12.2. The van der Waals surface area contributed by atoms with Gasteiger partial charge in [-0.25, -0.2) is 0 Å². The van der Waals surface area contributed by atoms with Crippen LogP contribution in [0.1, 0.15) is 34.5 Å². The average molecular weight is 422 g/mol. The summed E-state index contributed by atoms with van der Waals surface area (Å²) in [7, 11) is 2.16. The van der Waals surface area contributed by atoms with Crippen LogP contribution in [0, 0.1) is 6.92 Å². The van der Waals surface area contributed by atoms with Crippen molar-refractivity contribution in [2.75, 3.05) is 69.2 Å². The quantitative estimate of drug-likeness (QED) is 0.777. The summed E-state index contributed by atoms with van der Waals surface area (Å²) in [4.78, 5) is 20.3. The maximum atomic E-state index is 13.2. The van der Waals surface area contributed by atoms with Gasteiger partial charge < -0.3 is 25.3 Å². The molecule has 2 aliphatic rings. The van der Waals surface area contributed by atoms with Crippen LogP contribution in [0.3, 0.4) is 0 Å². The van der Waals surface area contributed by atoms with Crippen molar-refractivity contribution in [2.24, 2.45) is 0 Å². The zero-order valence-corrected chi connectivity index (χ0v) is 19.0. The van der Waals surface area contributed by atoms with Crippen molar-refractivity contribution in [1.82, 2.24) is 15.5 Å². The third-order valence-corrected chi connectivity index (χ3v) is 6.53. The summed E-state index contributed by atoms with van der Waals surface area (Å²) < 4.78 is 0. The third-order valence-electron chi connectivity index (χ3n) is 6.53. The molecule has 0 radical (unpaired) electrons. The first-order chi connectivity index (χ1) is 15.0. The Kier molecular flexibility index (Phi) is 6.78. The van der Waals surface area contributed by atoms with E-state index in [0.717, 1.165) is 74.7 Å². The van der Waals surface area contributed by atoms with Crippen molar-refractivity contribution in [3.8, 4) is 0 Å². The summed E-state index contributed by atoms with van der Waals surface area (Å²) in [5.74, 6) is -0.00597. The Labute approximate surface area is 186 Å². The molecule has 2 fully saturated rings. The predicted molar refractivity (Wildman–Crippen MR) is 128 cm³/mol. The van der Waals surface area contributed by atoms with E-state index in [9.17, 15) is 4.79 Å². The molecule has 2 aliphatic heterocycles. The lowest BCUT2D eigenvalue weighted by Crippen LogP contribution is -2.44. The summed E-state index contributed by atoms with van der Waals surface area (Å²) in [6, 6.07) is 14.8. The van der Waals surface area contributed by atoms with Crippen LogP contribution in [0.4, 0.5) is 11.4 Å². The second-order valence-electron chi connectivity index (χ2n) is 8.82. The molecule has 4 rings (SSSR count). The molecule has 1 atom stereocenters. The molecule has 2 N–H and O–H groups in total. The van der Waals surface area contributed by atoms with Crippen molar-refractivity contribution < 1.29 is 4.79 Å². The predicted octanol–water partition coefficient (Wildman–Crippen LogP) is 2.65. The van der Waals surface area contributed by atoms with Crippen molar-refractivity contribution in [2.45, 2.75) is 19.9 Å². The number of anilines is 2. The molecule has 0 aliphatic carbocycles. The molecule has 0 bridgehead atoms. The lowest BCUT2D eigenvalue weighted by Gasteiger charge is -2.34. The van der Waals surface area contributed by atoms with E-state index in [4.69, 9.17) is 0 Å². The van der Waals surface area contributed by atoms with Gasteiger partial charge in [0.05, 0.1) is 6.04 Å². The van der Waals surface area contributed by atoms with E-state index in [1.165, 1.54) is 5.69 Å². The number of nitrogens with one attached hydrogen (secondary N) is 2. The molecule has 2 aromatic rings. The Morgan fingerprint density at radius 2 is 1.61 bits per heavy atom.